The van der Waals surface area contributed by atoms with E-state index in [9.17, 15) is 4.79 Å². The van der Waals surface area contributed by atoms with Gasteiger partial charge >= 0.3 is 0 Å². The fraction of sp³-hybridized carbons (Fsp3) is 0.933. The topological polar surface area (TPSA) is 49.6 Å². The second-order valence-electron chi connectivity index (χ2n) is 6.85. The molecule has 108 valence electrons. The van der Waals surface area contributed by atoms with Crippen LogP contribution >= 0.6 is 0 Å². The molecule has 2 unspecified atom stereocenters. The van der Waals surface area contributed by atoms with Crippen molar-refractivity contribution < 1.29 is 4.79 Å². The third kappa shape index (κ3) is 2.79. The van der Waals surface area contributed by atoms with Gasteiger partial charge in [0.2, 0.25) is 5.91 Å². The molecule has 0 radical (unpaired) electrons. The quantitative estimate of drug-likeness (QED) is 0.816. The summed E-state index contributed by atoms with van der Waals surface area (Å²) in [5, 5.41) is 0. The number of amides is 1. The van der Waals surface area contributed by atoms with Gasteiger partial charge in [0.15, 0.2) is 0 Å². The molecule has 2 atom stereocenters. The highest BCUT2D eigenvalue weighted by Gasteiger charge is 2.40. The first-order chi connectivity index (χ1) is 9.13. The average Bonchev–Trinajstić information content (AvgIpc) is 2.62. The summed E-state index contributed by atoms with van der Waals surface area (Å²) in [5.41, 5.74) is 6.08. The van der Waals surface area contributed by atoms with Gasteiger partial charge in [-0.05, 0) is 44.4 Å². The molecule has 0 aliphatic carbocycles. The molecule has 3 saturated heterocycles. The number of nitrogens with zero attached hydrogens (tertiary/aromatic N) is 2. The van der Waals surface area contributed by atoms with Crippen LogP contribution in [0.4, 0.5) is 0 Å². The average molecular weight is 265 g/mol. The SMILES string of the molecule is CC1CCN(C(=O)CN2C3CCC2CC(N)C3)CC1. The molecular weight excluding hydrogens is 238 g/mol. The smallest absolute Gasteiger partial charge is 0.236 e. The minimum Gasteiger partial charge on any atom is -0.342 e. The van der Waals surface area contributed by atoms with Crippen LogP contribution in [0, 0.1) is 5.92 Å². The maximum absolute atomic E-state index is 12.4. The fourth-order valence-electron chi connectivity index (χ4n) is 4.09. The molecule has 3 fully saturated rings. The van der Waals surface area contributed by atoms with Crippen molar-refractivity contribution in [1.82, 2.24) is 9.80 Å². The number of rotatable bonds is 2. The van der Waals surface area contributed by atoms with E-state index in [1.807, 2.05) is 0 Å². The predicted octanol–water partition coefficient (Wildman–Crippen LogP) is 1.20. The van der Waals surface area contributed by atoms with Gasteiger partial charge in [0.25, 0.3) is 0 Å². The number of nitrogens with two attached hydrogens (primary N) is 1. The maximum Gasteiger partial charge on any atom is 0.236 e. The van der Waals surface area contributed by atoms with Crippen LogP contribution < -0.4 is 5.73 Å². The standard InChI is InChI=1S/C15H27N3O/c1-11-4-6-17(7-5-11)15(19)10-18-13-2-3-14(18)9-12(16)8-13/h11-14H,2-10,16H2,1H3. The number of likely N-dealkylation sites (tertiary alicyclic amines) is 1. The minimum atomic E-state index is 0.347. The second kappa shape index (κ2) is 5.41. The van der Waals surface area contributed by atoms with Crippen molar-refractivity contribution in [3.05, 3.63) is 0 Å². The third-order valence-electron chi connectivity index (χ3n) is 5.37. The van der Waals surface area contributed by atoms with E-state index < -0.39 is 0 Å². The summed E-state index contributed by atoms with van der Waals surface area (Å²) in [6.07, 6.45) is 6.99. The summed E-state index contributed by atoms with van der Waals surface area (Å²) in [7, 11) is 0. The van der Waals surface area contributed by atoms with E-state index in [2.05, 4.69) is 16.7 Å². The second-order valence-corrected chi connectivity index (χ2v) is 6.85. The summed E-state index contributed by atoms with van der Waals surface area (Å²) >= 11 is 0. The van der Waals surface area contributed by atoms with Gasteiger partial charge in [-0.1, -0.05) is 6.92 Å². The number of hydrogen-bond donors (Lipinski definition) is 1. The highest BCUT2D eigenvalue weighted by atomic mass is 16.2. The minimum absolute atomic E-state index is 0.347. The van der Waals surface area contributed by atoms with Crippen LogP contribution in [0.25, 0.3) is 0 Å². The molecule has 2 bridgehead atoms. The van der Waals surface area contributed by atoms with Crippen LogP contribution in [0.5, 0.6) is 0 Å². The van der Waals surface area contributed by atoms with E-state index in [-0.39, 0.29) is 0 Å². The van der Waals surface area contributed by atoms with E-state index >= 15 is 0 Å². The largest absolute Gasteiger partial charge is 0.342 e. The summed E-state index contributed by atoms with van der Waals surface area (Å²) in [6, 6.07) is 1.50. The van der Waals surface area contributed by atoms with Crippen molar-refractivity contribution in [2.75, 3.05) is 19.6 Å². The summed E-state index contributed by atoms with van der Waals surface area (Å²) in [4.78, 5) is 17.0. The normalized spacial score (nSPS) is 36.7. The van der Waals surface area contributed by atoms with Gasteiger partial charge in [0.05, 0.1) is 6.54 Å². The Kier molecular flexibility index (Phi) is 3.81. The molecule has 3 aliphatic rings. The maximum atomic E-state index is 12.4. The molecule has 0 spiro atoms. The van der Waals surface area contributed by atoms with Gasteiger partial charge in [0.1, 0.15) is 0 Å². The first-order valence-corrected chi connectivity index (χ1v) is 7.92. The number of fused-ring (bicyclic) bond motifs is 2. The lowest BCUT2D eigenvalue weighted by atomic mass is 9.97. The van der Waals surface area contributed by atoms with Gasteiger partial charge in [0, 0.05) is 31.2 Å². The van der Waals surface area contributed by atoms with E-state index in [0.29, 0.717) is 30.6 Å². The van der Waals surface area contributed by atoms with Crippen LogP contribution in [0.3, 0.4) is 0 Å². The summed E-state index contributed by atoms with van der Waals surface area (Å²) < 4.78 is 0. The van der Waals surface area contributed by atoms with Crippen molar-refractivity contribution in [1.29, 1.82) is 0 Å². The van der Waals surface area contributed by atoms with Crippen LogP contribution in [0.15, 0.2) is 0 Å². The molecule has 3 heterocycles. The zero-order valence-corrected chi connectivity index (χ0v) is 12.1. The zero-order chi connectivity index (χ0) is 13.4. The number of hydrogen-bond acceptors (Lipinski definition) is 3. The predicted molar refractivity (Wildman–Crippen MR) is 75.7 cm³/mol. The molecule has 0 aromatic rings. The Balaban J connectivity index is 1.55. The molecular formula is C15H27N3O. The van der Waals surface area contributed by atoms with Gasteiger partial charge in [-0.25, -0.2) is 0 Å². The Morgan fingerprint density at radius 2 is 1.68 bits per heavy atom. The lowest BCUT2D eigenvalue weighted by Gasteiger charge is -2.39. The van der Waals surface area contributed by atoms with E-state index in [1.165, 1.54) is 25.7 Å². The van der Waals surface area contributed by atoms with Gasteiger partial charge in [-0.3, -0.25) is 9.69 Å². The molecule has 19 heavy (non-hydrogen) atoms. The number of piperidine rings is 2. The van der Waals surface area contributed by atoms with E-state index in [4.69, 9.17) is 5.73 Å². The van der Waals surface area contributed by atoms with Crippen molar-refractivity contribution in [2.45, 2.75) is 63.6 Å². The third-order valence-corrected chi connectivity index (χ3v) is 5.37. The van der Waals surface area contributed by atoms with Crippen LogP contribution in [0.1, 0.15) is 45.4 Å². The Morgan fingerprint density at radius 1 is 1.11 bits per heavy atom. The summed E-state index contributed by atoms with van der Waals surface area (Å²) in [5.74, 6) is 1.13. The highest BCUT2D eigenvalue weighted by Crippen LogP contribution is 2.34. The van der Waals surface area contributed by atoms with Crippen molar-refractivity contribution >= 4 is 5.91 Å². The molecule has 3 aliphatic heterocycles. The van der Waals surface area contributed by atoms with Crippen molar-refractivity contribution in [2.24, 2.45) is 11.7 Å². The Labute approximate surface area is 116 Å². The van der Waals surface area contributed by atoms with Crippen LogP contribution in [0.2, 0.25) is 0 Å². The van der Waals surface area contributed by atoms with Crippen LogP contribution in [-0.4, -0.2) is 53.5 Å². The number of carbonyl (C=O) groups is 1. The van der Waals surface area contributed by atoms with Gasteiger partial charge < -0.3 is 10.6 Å². The molecule has 4 nitrogen and oxygen atoms in total. The molecule has 0 aromatic carbocycles. The lowest BCUT2D eigenvalue weighted by Crippen LogP contribution is -2.52. The van der Waals surface area contributed by atoms with E-state index in [1.54, 1.807) is 0 Å². The summed E-state index contributed by atoms with van der Waals surface area (Å²) in [6.45, 7) is 4.84. The fourth-order valence-corrected chi connectivity index (χ4v) is 4.09. The van der Waals surface area contributed by atoms with Gasteiger partial charge in [-0.2, -0.15) is 0 Å². The molecule has 0 saturated carbocycles. The Bertz CT molecular complexity index is 324. The monoisotopic (exact) mass is 265 g/mol. The van der Waals surface area contributed by atoms with Crippen LogP contribution in [-0.2, 0) is 4.79 Å². The first-order valence-electron chi connectivity index (χ1n) is 7.92. The van der Waals surface area contributed by atoms with Crippen molar-refractivity contribution in [3.8, 4) is 0 Å². The number of carbonyl (C=O) groups excluding carboxylic acids is 1. The van der Waals surface area contributed by atoms with Crippen molar-refractivity contribution in [3.63, 3.8) is 0 Å². The highest BCUT2D eigenvalue weighted by molar-refractivity contribution is 5.78. The molecule has 4 heteroatoms. The van der Waals surface area contributed by atoms with Gasteiger partial charge in [-0.15, -0.1) is 0 Å². The first kappa shape index (κ1) is 13.4. The molecule has 0 aromatic heterocycles. The Hall–Kier alpha value is -0.610. The molecule has 1 amide bonds. The van der Waals surface area contributed by atoms with E-state index in [0.717, 1.165) is 31.8 Å². The molecule has 2 N–H and O–H groups in total. The molecule has 3 rings (SSSR count). The Morgan fingerprint density at radius 3 is 2.26 bits per heavy atom. The zero-order valence-electron chi connectivity index (χ0n) is 12.1. The lowest BCUT2D eigenvalue weighted by molar-refractivity contribution is -0.135.